The van der Waals surface area contributed by atoms with E-state index >= 15 is 0 Å². The van der Waals surface area contributed by atoms with E-state index < -0.39 is 0 Å². The minimum absolute atomic E-state index is 0.00176. The van der Waals surface area contributed by atoms with Crippen molar-refractivity contribution in [3.05, 3.63) is 53.1 Å². The van der Waals surface area contributed by atoms with Crippen molar-refractivity contribution < 1.29 is 33.7 Å². The highest BCUT2D eigenvalue weighted by atomic mass is 16.5. The number of benzene rings is 2. The van der Waals surface area contributed by atoms with E-state index in [9.17, 15) is 19.5 Å². The topological polar surface area (TPSA) is 133 Å². The zero-order chi connectivity index (χ0) is 39.3. The molecule has 2 aromatic carbocycles. The van der Waals surface area contributed by atoms with Gasteiger partial charge in [-0.25, -0.2) is 0 Å². The predicted molar refractivity (Wildman–Crippen MR) is 217 cm³/mol. The molecule has 0 aromatic heterocycles. The standard InChI is InChI=1S/C44H65N5O7/c1-3-8-33(2)43(53)48-25-28-56-44(32-48)18-22-47(23-19-44)30-35-10-7-9-34(29-35)16-26-54-27-17-40(52)49(37-11-5-4-6-12-37)24-21-45-20-15-36-13-14-38(50)41-42(36)55-31-39(51)46-41/h7,9-10,13-14,29,33,37,45,50H,3-6,8,11-12,15-28,30-32H2,1-2H3,(H,46,51). The van der Waals surface area contributed by atoms with E-state index in [0.717, 1.165) is 89.5 Å². The monoisotopic (exact) mass is 775 g/mol. The van der Waals surface area contributed by atoms with Crippen molar-refractivity contribution in [2.45, 2.75) is 109 Å². The van der Waals surface area contributed by atoms with Crippen molar-refractivity contribution in [1.82, 2.24) is 20.0 Å². The molecule has 2 aromatic rings. The molecule has 3 N–H and O–H groups in total. The second-order valence-corrected chi connectivity index (χ2v) is 16.4. The summed E-state index contributed by atoms with van der Waals surface area (Å²) in [7, 11) is 0. The third kappa shape index (κ3) is 11.5. The number of ether oxygens (including phenoxy) is 3. The number of rotatable bonds is 18. The lowest BCUT2D eigenvalue weighted by atomic mass is 9.88. The van der Waals surface area contributed by atoms with E-state index in [2.05, 4.69) is 63.4 Å². The fraction of sp³-hybridized carbons (Fsp3) is 0.659. The highest BCUT2D eigenvalue weighted by Gasteiger charge is 2.41. The Balaban J connectivity index is 0.894. The number of fused-ring (bicyclic) bond motifs is 1. The molecule has 12 nitrogen and oxygen atoms in total. The number of carbonyl (C=O) groups is 3. The zero-order valence-electron chi connectivity index (χ0n) is 33.8. The number of phenolic OH excluding ortho intramolecular Hbond substituents is 1. The van der Waals surface area contributed by atoms with Crippen LogP contribution in [0.1, 0.15) is 94.7 Å². The highest BCUT2D eigenvalue weighted by molar-refractivity contribution is 5.97. The Morgan fingerprint density at radius 3 is 2.66 bits per heavy atom. The summed E-state index contributed by atoms with van der Waals surface area (Å²) >= 11 is 0. The van der Waals surface area contributed by atoms with Crippen molar-refractivity contribution >= 4 is 23.4 Å². The molecule has 2 saturated heterocycles. The molecule has 3 amide bonds. The van der Waals surface area contributed by atoms with Gasteiger partial charge in [-0.3, -0.25) is 19.3 Å². The van der Waals surface area contributed by atoms with Crippen LogP contribution in [0.2, 0.25) is 0 Å². The number of aromatic hydroxyl groups is 1. The molecule has 3 fully saturated rings. The maximum atomic E-state index is 13.5. The lowest BCUT2D eigenvalue weighted by Gasteiger charge is -2.47. The first-order chi connectivity index (χ1) is 27.2. The number of nitrogens with zero attached hydrogens (tertiary/aromatic N) is 3. The van der Waals surface area contributed by atoms with Crippen LogP contribution in [0.3, 0.4) is 0 Å². The number of phenols is 1. The minimum atomic E-state index is -0.278. The van der Waals surface area contributed by atoms with Crippen LogP contribution < -0.4 is 15.4 Å². The van der Waals surface area contributed by atoms with Gasteiger partial charge < -0.3 is 39.8 Å². The minimum Gasteiger partial charge on any atom is -0.506 e. The third-order valence-corrected chi connectivity index (χ3v) is 12.1. The lowest BCUT2D eigenvalue weighted by Crippen LogP contribution is -2.58. The number of nitrogens with one attached hydrogen (secondary N) is 2. The molecule has 1 atom stereocenters. The molecule has 3 aliphatic heterocycles. The van der Waals surface area contributed by atoms with Gasteiger partial charge in [0.05, 0.1) is 31.8 Å². The Kier molecular flexibility index (Phi) is 15.4. The quantitative estimate of drug-likeness (QED) is 0.137. The molecule has 0 bridgehead atoms. The first-order valence-electron chi connectivity index (χ1n) is 21.3. The van der Waals surface area contributed by atoms with Crippen LogP contribution in [0.4, 0.5) is 5.69 Å². The average molecular weight is 776 g/mol. The maximum Gasteiger partial charge on any atom is 0.262 e. The van der Waals surface area contributed by atoms with Crippen LogP contribution in [0.25, 0.3) is 0 Å². The van der Waals surface area contributed by atoms with E-state index in [1.165, 1.54) is 17.5 Å². The first kappa shape index (κ1) is 41.9. The average Bonchev–Trinajstić information content (AvgIpc) is 3.21. The molecule has 1 aliphatic carbocycles. The van der Waals surface area contributed by atoms with Gasteiger partial charge in [-0.2, -0.15) is 0 Å². The Morgan fingerprint density at radius 1 is 1.05 bits per heavy atom. The van der Waals surface area contributed by atoms with Crippen LogP contribution >= 0.6 is 0 Å². The van der Waals surface area contributed by atoms with E-state index in [4.69, 9.17) is 14.2 Å². The van der Waals surface area contributed by atoms with Gasteiger partial charge in [-0.05, 0) is 74.2 Å². The van der Waals surface area contributed by atoms with Crippen LogP contribution in [-0.4, -0.2) is 121 Å². The van der Waals surface area contributed by atoms with Gasteiger partial charge in [-0.1, -0.05) is 69.9 Å². The summed E-state index contributed by atoms with van der Waals surface area (Å²) in [5, 5.41) is 16.3. The molecular formula is C44H65N5O7. The molecular weight excluding hydrogens is 711 g/mol. The smallest absolute Gasteiger partial charge is 0.262 e. The lowest BCUT2D eigenvalue weighted by molar-refractivity contribution is -0.162. The summed E-state index contributed by atoms with van der Waals surface area (Å²) < 4.78 is 18.0. The normalized spacial score (nSPS) is 19.2. The summed E-state index contributed by atoms with van der Waals surface area (Å²) in [6, 6.07) is 12.5. The van der Waals surface area contributed by atoms with E-state index in [1.807, 2.05) is 6.07 Å². The number of piperidine rings is 1. The van der Waals surface area contributed by atoms with Crippen LogP contribution in [0, 0.1) is 5.92 Å². The zero-order valence-corrected chi connectivity index (χ0v) is 33.8. The van der Waals surface area contributed by atoms with Gasteiger partial charge in [-0.15, -0.1) is 0 Å². The van der Waals surface area contributed by atoms with Crippen molar-refractivity contribution in [3.8, 4) is 11.5 Å². The summed E-state index contributed by atoms with van der Waals surface area (Å²) in [5.41, 5.74) is 3.58. The molecule has 1 unspecified atom stereocenters. The summed E-state index contributed by atoms with van der Waals surface area (Å²) in [4.78, 5) is 44.9. The van der Waals surface area contributed by atoms with Crippen LogP contribution in [0.15, 0.2) is 36.4 Å². The van der Waals surface area contributed by atoms with Crippen molar-refractivity contribution in [2.24, 2.45) is 5.92 Å². The van der Waals surface area contributed by atoms with E-state index in [-0.39, 0.29) is 47.6 Å². The van der Waals surface area contributed by atoms with Gasteiger partial charge in [0.25, 0.3) is 5.91 Å². The second kappa shape index (κ2) is 20.6. The Hall–Kier alpha value is -3.71. The molecule has 1 spiro atoms. The number of hydrogen-bond acceptors (Lipinski definition) is 9. The van der Waals surface area contributed by atoms with Crippen LogP contribution in [0.5, 0.6) is 11.5 Å². The Morgan fingerprint density at radius 2 is 1.86 bits per heavy atom. The Bertz CT molecular complexity index is 1610. The number of likely N-dealkylation sites (tertiary alicyclic amines) is 1. The fourth-order valence-electron chi connectivity index (χ4n) is 8.92. The molecule has 308 valence electrons. The number of anilines is 1. The molecule has 1 saturated carbocycles. The van der Waals surface area contributed by atoms with Gasteiger partial charge >= 0.3 is 0 Å². The SMILES string of the molecule is CCCC(C)C(=O)N1CCOC2(CCN(Cc3cccc(CCOCCC(=O)N(CCNCCc4ccc(O)c5c4OCC(=O)N5)C4CCCCC4)c3)CC2)C1. The van der Waals surface area contributed by atoms with Crippen molar-refractivity contribution in [1.29, 1.82) is 0 Å². The van der Waals surface area contributed by atoms with E-state index in [1.54, 1.807) is 6.07 Å². The summed E-state index contributed by atoms with van der Waals surface area (Å²) in [6.07, 6.45) is 11.4. The molecule has 6 rings (SSSR count). The van der Waals surface area contributed by atoms with Gasteiger partial charge in [0, 0.05) is 57.8 Å². The summed E-state index contributed by atoms with van der Waals surface area (Å²) in [6.45, 7) is 12.0. The van der Waals surface area contributed by atoms with Gasteiger partial charge in [0.15, 0.2) is 12.4 Å². The maximum absolute atomic E-state index is 13.5. The number of hydrogen-bond donors (Lipinski definition) is 3. The first-order valence-corrected chi connectivity index (χ1v) is 21.3. The predicted octanol–water partition coefficient (Wildman–Crippen LogP) is 5.30. The highest BCUT2D eigenvalue weighted by Crippen LogP contribution is 2.39. The molecule has 0 radical (unpaired) electrons. The fourth-order valence-corrected chi connectivity index (χ4v) is 8.92. The Labute approximate surface area is 333 Å². The summed E-state index contributed by atoms with van der Waals surface area (Å²) in [5.74, 6) is 0.768. The molecule has 4 aliphatic rings. The molecule has 12 heteroatoms. The number of amides is 3. The van der Waals surface area contributed by atoms with Gasteiger partial charge in [0.2, 0.25) is 11.8 Å². The van der Waals surface area contributed by atoms with Crippen molar-refractivity contribution in [3.63, 3.8) is 0 Å². The van der Waals surface area contributed by atoms with Crippen molar-refractivity contribution in [2.75, 3.05) is 77.6 Å². The number of morpholine rings is 1. The van der Waals surface area contributed by atoms with E-state index in [0.29, 0.717) is 70.3 Å². The largest absolute Gasteiger partial charge is 0.506 e. The molecule has 3 heterocycles. The number of carbonyl (C=O) groups excluding carboxylic acids is 3. The third-order valence-electron chi connectivity index (χ3n) is 12.1. The van der Waals surface area contributed by atoms with Crippen LogP contribution in [-0.2, 0) is 43.2 Å². The second-order valence-electron chi connectivity index (χ2n) is 16.4. The molecule has 56 heavy (non-hydrogen) atoms. The van der Waals surface area contributed by atoms with Gasteiger partial charge in [0.1, 0.15) is 11.4 Å².